The lowest BCUT2D eigenvalue weighted by atomic mass is 10.1. The molecule has 21 heavy (non-hydrogen) atoms. The van der Waals surface area contributed by atoms with Gasteiger partial charge in [-0.25, -0.2) is 4.98 Å². The fourth-order valence-corrected chi connectivity index (χ4v) is 2.77. The van der Waals surface area contributed by atoms with Crippen LogP contribution in [0.25, 0.3) is 16.7 Å². The quantitative estimate of drug-likeness (QED) is 0.667. The Bertz CT molecular complexity index is 751. The van der Waals surface area contributed by atoms with Crippen molar-refractivity contribution < 1.29 is 4.74 Å². The molecule has 3 nitrogen and oxygen atoms in total. The van der Waals surface area contributed by atoms with Crippen LogP contribution in [0.2, 0.25) is 0 Å². The molecule has 3 aromatic rings. The molecule has 0 amide bonds. The van der Waals surface area contributed by atoms with E-state index in [4.69, 9.17) is 16.3 Å². The predicted molar refractivity (Wildman–Crippen MR) is 86.2 cm³/mol. The molecule has 0 aliphatic heterocycles. The van der Waals surface area contributed by atoms with Crippen LogP contribution < -0.4 is 0 Å². The van der Waals surface area contributed by atoms with Crippen molar-refractivity contribution in [2.75, 3.05) is 13.7 Å². The second-order valence-corrected chi connectivity index (χ2v) is 5.12. The molecule has 0 radical (unpaired) electrons. The van der Waals surface area contributed by atoms with Gasteiger partial charge in [0.2, 0.25) is 0 Å². The van der Waals surface area contributed by atoms with Gasteiger partial charge in [0.25, 0.3) is 0 Å². The summed E-state index contributed by atoms with van der Waals surface area (Å²) in [5.41, 5.74) is 4.40. The maximum Gasteiger partial charge on any atom is 0.129 e. The van der Waals surface area contributed by atoms with Crippen LogP contribution in [0.15, 0.2) is 48.5 Å². The minimum atomic E-state index is 0.382. The van der Waals surface area contributed by atoms with Crippen molar-refractivity contribution in [1.82, 2.24) is 9.55 Å². The van der Waals surface area contributed by atoms with Crippen LogP contribution in [0.4, 0.5) is 0 Å². The van der Waals surface area contributed by atoms with Gasteiger partial charge in [-0.2, -0.15) is 0 Å². The zero-order valence-corrected chi connectivity index (χ0v) is 12.7. The van der Waals surface area contributed by atoms with E-state index in [9.17, 15) is 0 Å². The van der Waals surface area contributed by atoms with E-state index in [1.54, 1.807) is 7.11 Å². The van der Waals surface area contributed by atoms with Crippen LogP contribution >= 0.6 is 11.6 Å². The van der Waals surface area contributed by atoms with E-state index in [-0.39, 0.29) is 0 Å². The SMILES string of the molecule is COCCc1ccccc1-n1c(CCl)nc2ccccc21. The van der Waals surface area contributed by atoms with E-state index in [1.165, 1.54) is 5.56 Å². The summed E-state index contributed by atoms with van der Waals surface area (Å²) in [6, 6.07) is 16.4. The number of imidazole rings is 1. The van der Waals surface area contributed by atoms with Gasteiger partial charge in [0, 0.05) is 7.11 Å². The van der Waals surface area contributed by atoms with Crippen molar-refractivity contribution in [2.24, 2.45) is 0 Å². The molecule has 0 unspecified atom stereocenters. The Labute approximate surface area is 129 Å². The van der Waals surface area contributed by atoms with Crippen LogP contribution in [0, 0.1) is 0 Å². The number of rotatable bonds is 5. The Hall–Kier alpha value is -1.84. The van der Waals surface area contributed by atoms with Gasteiger partial charge in [0.15, 0.2) is 0 Å². The average molecular weight is 301 g/mol. The fourth-order valence-electron chi connectivity index (χ4n) is 2.59. The minimum absolute atomic E-state index is 0.382. The third kappa shape index (κ3) is 2.67. The smallest absolute Gasteiger partial charge is 0.129 e. The van der Waals surface area contributed by atoms with Crippen molar-refractivity contribution in [3.8, 4) is 5.69 Å². The molecule has 0 bridgehead atoms. The predicted octanol–water partition coefficient (Wildman–Crippen LogP) is 3.95. The summed E-state index contributed by atoms with van der Waals surface area (Å²) >= 11 is 6.10. The van der Waals surface area contributed by atoms with Gasteiger partial charge < -0.3 is 4.74 Å². The molecule has 4 heteroatoms. The molecular weight excluding hydrogens is 284 g/mol. The summed E-state index contributed by atoms with van der Waals surface area (Å²) in [5.74, 6) is 1.25. The molecule has 0 N–H and O–H groups in total. The Morgan fingerprint density at radius 3 is 2.67 bits per heavy atom. The molecule has 2 aromatic carbocycles. The first kappa shape index (κ1) is 14.1. The van der Waals surface area contributed by atoms with Gasteiger partial charge in [0.1, 0.15) is 5.82 Å². The maximum atomic E-state index is 6.10. The summed E-state index contributed by atoms with van der Waals surface area (Å²) in [7, 11) is 1.72. The zero-order chi connectivity index (χ0) is 14.7. The molecule has 0 fully saturated rings. The first-order valence-electron chi connectivity index (χ1n) is 6.94. The molecule has 0 aliphatic carbocycles. The lowest BCUT2D eigenvalue weighted by Crippen LogP contribution is -2.05. The van der Waals surface area contributed by atoms with Crippen LogP contribution in [0.1, 0.15) is 11.4 Å². The van der Waals surface area contributed by atoms with Crippen molar-refractivity contribution in [1.29, 1.82) is 0 Å². The third-order valence-corrected chi connectivity index (χ3v) is 3.80. The van der Waals surface area contributed by atoms with Crippen molar-refractivity contribution in [3.05, 3.63) is 59.9 Å². The van der Waals surface area contributed by atoms with Gasteiger partial charge in [-0.15, -0.1) is 11.6 Å². The number of hydrogen-bond donors (Lipinski definition) is 0. The number of benzene rings is 2. The highest BCUT2D eigenvalue weighted by Crippen LogP contribution is 2.25. The van der Waals surface area contributed by atoms with Gasteiger partial charge in [-0.05, 0) is 30.2 Å². The zero-order valence-electron chi connectivity index (χ0n) is 11.9. The molecule has 3 rings (SSSR count). The minimum Gasteiger partial charge on any atom is -0.384 e. The van der Waals surface area contributed by atoms with Crippen molar-refractivity contribution in [2.45, 2.75) is 12.3 Å². The number of para-hydroxylation sites is 3. The van der Waals surface area contributed by atoms with E-state index in [0.29, 0.717) is 12.5 Å². The Morgan fingerprint density at radius 2 is 1.86 bits per heavy atom. The molecule has 0 spiro atoms. The van der Waals surface area contributed by atoms with Crippen LogP contribution in [0.5, 0.6) is 0 Å². The molecule has 1 heterocycles. The van der Waals surface area contributed by atoms with Crippen LogP contribution in [-0.4, -0.2) is 23.3 Å². The van der Waals surface area contributed by atoms with E-state index in [0.717, 1.165) is 29.0 Å². The van der Waals surface area contributed by atoms with E-state index < -0.39 is 0 Å². The largest absolute Gasteiger partial charge is 0.384 e. The van der Waals surface area contributed by atoms with Gasteiger partial charge in [-0.1, -0.05) is 30.3 Å². The number of methoxy groups -OCH3 is 1. The maximum absolute atomic E-state index is 6.10. The Balaban J connectivity index is 2.20. The molecule has 0 aliphatic rings. The third-order valence-electron chi connectivity index (χ3n) is 3.56. The van der Waals surface area contributed by atoms with Crippen LogP contribution in [-0.2, 0) is 17.0 Å². The summed E-state index contributed by atoms with van der Waals surface area (Å²) in [5, 5.41) is 0. The van der Waals surface area contributed by atoms with Gasteiger partial charge in [-0.3, -0.25) is 4.57 Å². The Morgan fingerprint density at radius 1 is 1.10 bits per heavy atom. The van der Waals surface area contributed by atoms with Crippen molar-refractivity contribution >= 4 is 22.6 Å². The average Bonchev–Trinajstić information content (AvgIpc) is 2.91. The summed E-state index contributed by atoms with van der Waals surface area (Å²) in [4.78, 5) is 4.63. The monoisotopic (exact) mass is 300 g/mol. The summed E-state index contributed by atoms with van der Waals surface area (Å²) < 4.78 is 7.36. The molecule has 0 saturated heterocycles. The number of fused-ring (bicyclic) bond motifs is 1. The standard InChI is InChI=1S/C17H17ClN2O/c1-21-11-10-13-6-2-4-8-15(13)20-16-9-5-3-7-14(16)19-17(20)12-18/h2-9H,10-12H2,1H3. The normalized spacial score (nSPS) is 11.1. The number of aromatic nitrogens is 2. The highest BCUT2D eigenvalue weighted by Gasteiger charge is 2.13. The lowest BCUT2D eigenvalue weighted by molar-refractivity contribution is 0.202. The molecule has 1 aromatic heterocycles. The molecular formula is C17H17ClN2O. The first-order chi connectivity index (χ1) is 10.3. The second-order valence-electron chi connectivity index (χ2n) is 4.86. The number of alkyl halides is 1. The Kier molecular flexibility index (Phi) is 4.23. The van der Waals surface area contributed by atoms with E-state index >= 15 is 0 Å². The van der Waals surface area contributed by atoms with Crippen molar-refractivity contribution in [3.63, 3.8) is 0 Å². The highest BCUT2D eigenvalue weighted by atomic mass is 35.5. The number of ether oxygens (including phenoxy) is 1. The molecule has 0 atom stereocenters. The number of nitrogens with zero attached hydrogens (tertiary/aromatic N) is 2. The van der Waals surface area contributed by atoms with Gasteiger partial charge in [0.05, 0.1) is 29.2 Å². The summed E-state index contributed by atoms with van der Waals surface area (Å²) in [6.07, 6.45) is 0.862. The topological polar surface area (TPSA) is 27.1 Å². The van der Waals surface area contributed by atoms with Crippen LogP contribution in [0.3, 0.4) is 0 Å². The first-order valence-corrected chi connectivity index (χ1v) is 7.48. The van der Waals surface area contributed by atoms with Gasteiger partial charge >= 0.3 is 0 Å². The van der Waals surface area contributed by atoms with E-state index in [2.05, 4.69) is 27.8 Å². The number of halogens is 1. The van der Waals surface area contributed by atoms with E-state index in [1.807, 2.05) is 30.3 Å². The lowest BCUT2D eigenvalue weighted by Gasteiger charge is -2.13. The molecule has 108 valence electrons. The number of hydrogen-bond acceptors (Lipinski definition) is 2. The second kappa shape index (κ2) is 6.29. The highest BCUT2D eigenvalue weighted by molar-refractivity contribution is 6.17. The summed E-state index contributed by atoms with van der Waals surface area (Å²) in [6.45, 7) is 0.694. The molecule has 0 saturated carbocycles. The fraction of sp³-hybridized carbons (Fsp3) is 0.235.